The van der Waals surface area contributed by atoms with Crippen molar-refractivity contribution in [1.82, 2.24) is 20.1 Å². The molecule has 2 aliphatic heterocycles. The van der Waals surface area contributed by atoms with Crippen LogP contribution in [-0.2, 0) is 0 Å². The number of benzene rings is 1. The van der Waals surface area contributed by atoms with Gasteiger partial charge in [-0.2, -0.15) is 5.10 Å². The van der Waals surface area contributed by atoms with Gasteiger partial charge in [0.15, 0.2) is 11.3 Å². The number of hydrazone groups is 1. The van der Waals surface area contributed by atoms with Crippen molar-refractivity contribution in [3.63, 3.8) is 0 Å². The van der Waals surface area contributed by atoms with Crippen molar-refractivity contribution in [3.05, 3.63) is 46.0 Å². The SMILES string of the molecule is CN1C(=O)N(C)C2C1NC(=S)N2/N=C/C=C/c1ccccc1[N+](=O)[O-]. The van der Waals surface area contributed by atoms with Gasteiger partial charge in [-0.05, 0) is 30.4 Å². The number of fused-ring (bicyclic) bond motifs is 1. The van der Waals surface area contributed by atoms with Crippen molar-refractivity contribution in [2.75, 3.05) is 14.1 Å². The number of urea groups is 1. The zero-order valence-corrected chi connectivity index (χ0v) is 14.4. The summed E-state index contributed by atoms with van der Waals surface area (Å²) >= 11 is 5.26. The van der Waals surface area contributed by atoms with Crippen LogP contribution in [0.5, 0.6) is 0 Å². The Morgan fingerprint density at radius 1 is 1.32 bits per heavy atom. The normalized spacial score (nSPS) is 23.0. The molecule has 2 saturated heterocycles. The highest BCUT2D eigenvalue weighted by Gasteiger charge is 2.51. The van der Waals surface area contributed by atoms with Crippen LogP contribution in [0.2, 0.25) is 0 Å². The van der Waals surface area contributed by atoms with Gasteiger partial charge in [0.25, 0.3) is 5.69 Å². The fourth-order valence-corrected chi connectivity index (χ4v) is 3.12. The number of carbonyl (C=O) groups excluding carboxylic acids is 1. The van der Waals surface area contributed by atoms with E-state index in [9.17, 15) is 14.9 Å². The molecule has 0 aliphatic carbocycles. The summed E-state index contributed by atoms with van der Waals surface area (Å²) < 4.78 is 0. The molecule has 25 heavy (non-hydrogen) atoms. The lowest BCUT2D eigenvalue weighted by Gasteiger charge is -2.23. The number of rotatable bonds is 4. The second-order valence-corrected chi connectivity index (χ2v) is 5.98. The Bertz CT molecular complexity index is 795. The van der Waals surface area contributed by atoms with Gasteiger partial charge in [-0.1, -0.05) is 12.1 Å². The summed E-state index contributed by atoms with van der Waals surface area (Å²) in [4.78, 5) is 25.7. The number of allylic oxidation sites excluding steroid dienone is 1. The summed E-state index contributed by atoms with van der Waals surface area (Å²) in [5.74, 6) is 0. The van der Waals surface area contributed by atoms with Crippen LogP contribution in [0.15, 0.2) is 35.4 Å². The van der Waals surface area contributed by atoms with E-state index in [1.54, 1.807) is 59.3 Å². The van der Waals surface area contributed by atoms with E-state index in [0.717, 1.165) is 0 Å². The monoisotopic (exact) mass is 360 g/mol. The van der Waals surface area contributed by atoms with Gasteiger partial charge in [-0.3, -0.25) is 10.1 Å². The average Bonchev–Trinajstić information content (AvgIpc) is 3.02. The Kier molecular flexibility index (Phi) is 4.36. The van der Waals surface area contributed by atoms with Gasteiger partial charge in [0, 0.05) is 26.4 Å². The molecular formula is C15H16N6O3S. The van der Waals surface area contributed by atoms with E-state index in [1.807, 2.05) is 0 Å². The van der Waals surface area contributed by atoms with Gasteiger partial charge >= 0.3 is 6.03 Å². The molecule has 2 unspecified atom stereocenters. The molecule has 2 atom stereocenters. The molecule has 2 amide bonds. The number of nitrogens with zero attached hydrogens (tertiary/aromatic N) is 5. The number of nitrogens with one attached hydrogen (secondary N) is 1. The quantitative estimate of drug-likeness (QED) is 0.378. The average molecular weight is 360 g/mol. The largest absolute Gasteiger partial charge is 0.337 e. The van der Waals surface area contributed by atoms with Crippen LogP contribution in [0, 0.1) is 10.1 Å². The van der Waals surface area contributed by atoms with Crippen molar-refractivity contribution in [2.24, 2.45) is 5.10 Å². The lowest BCUT2D eigenvalue weighted by atomic mass is 10.2. The molecule has 10 heteroatoms. The first kappa shape index (κ1) is 16.8. The zero-order valence-electron chi connectivity index (χ0n) is 13.6. The third kappa shape index (κ3) is 2.91. The minimum absolute atomic E-state index is 0.0216. The van der Waals surface area contributed by atoms with E-state index in [4.69, 9.17) is 12.2 Å². The van der Waals surface area contributed by atoms with Crippen molar-refractivity contribution in [1.29, 1.82) is 0 Å². The molecule has 1 aromatic rings. The zero-order chi connectivity index (χ0) is 18.1. The van der Waals surface area contributed by atoms with Crippen LogP contribution in [-0.4, -0.2) is 63.5 Å². The molecule has 0 aromatic heterocycles. The van der Waals surface area contributed by atoms with Gasteiger partial charge in [0.05, 0.1) is 10.5 Å². The highest BCUT2D eigenvalue weighted by molar-refractivity contribution is 7.80. The number of hydrogen-bond acceptors (Lipinski definition) is 5. The summed E-state index contributed by atoms with van der Waals surface area (Å²) in [6.45, 7) is 0. The smallest absolute Gasteiger partial charge is 0.323 e. The lowest BCUT2D eigenvalue weighted by molar-refractivity contribution is -0.385. The van der Waals surface area contributed by atoms with Gasteiger partial charge in [-0.25, -0.2) is 9.80 Å². The first-order valence-corrected chi connectivity index (χ1v) is 7.86. The summed E-state index contributed by atoms with van der Waals surface area (Å²) in [7, 11) is 3.38. The predicted octanol–water partition coefficient (Wildman–Crippen LogP) is 1.43. The molecule has 1 aromatic carbocycles. The van der Waals surface area contributed by atoms with Gasteiger partial charge in [-0.15, -0.1) is 0 Å². The highest BCUT2D eigenvalue weighted by atomic mass is 32.1. The summed E-state index contributed by atoms with van der Waals surface area (Å²) in [5.41, 5.74) is 0.500. The van der Waals surface area contributed by atoms with E-state index in [2.05, 4.69) is 10.4 Å². The molecule has 3 rings (SSSR count). The van der Waals surface area contributed by atoms with E-state index in [0.29, 0.717) is 10.7 Å². The molecule has 2 aliphatic rings. The molecule has 130 valence electrons. The van der Waals surface area contributed by atoms with Gasteiger partial charge < -0.3 is 15.1 Å². The molecule has 0 bridgehead atoms. The van der Waals surface area contributed by atoms with Crippen molar-refractivity contribution in [3.8, 4) is 0 Å². The van der Waals surface area contributed by atoms with Gasteiger partial charge in [0.1, 0.15) is 6.17 Å². The number of nitro benzene ring substituents is 1. The maximum absolute atomic E-state index is 12.0. The number of amides is 2. The lowest BCUT2D eigenvalue weighted by Crippen LogP contribution is -2.41. The molecule has 2 heterocycles. The molecule has 9 nitrogen and oxygen atoms in total. The fourth-order valence-electron chi connectivity index (χ4n) is 2.85. The Morgan fingerprint density at radius 3 is 2.76 bits per heavy atom. The van der Waals surface area contributed by atoms with Crippen molar-refractivity contribution in [2.45, 2.75) is 12.3 Å². The topological polar surface area (TPSA) is 94.3 Å². The minimum atomic E-state index is -0.435. The van der Waals surface area contributed by atoms with Gasteiger partial charge in [0.2, 0.25) is 0 Å². The van der Waals surface area contributed by atoms with E-state index in [-0.39, 0.29) is 24.1 Å². The minimum Gasteiger partial charge on any atom is -0.337 e. The van der Waals surface area contributed by atoms with E-state index >= 15 is 0 Å². The number of para-hydroxylation sites is 1. The fraction of sp³-hybridized carbons (Fsp3) is 0.267. The first-order valence-electron chi connectivity index (χ1n) is 7.45. The number of nitro groups is 1. The molecule has 0 radical (unpaired) electrons. The second-order valence-electron chi connectivity index (χ2n) is 5.60. The molecule has 1 N–H and O–H groups in total. The highest BCUT2D eigenvalue weighted by Crippen LogP contribution is 2.26. The number of hydrogen-bond donors (Lipinski definition) is 1. The van der Waals surface area contributed by atoms with Crippen molar-refractivity contribution >= 4 is 41.3 Å². The van der Waals surface area contributed by atoms with Crippen LogP contribution < -0.4 is 5.32 Å². The van der Waals surface area contributed by atoms with Crippen LogP contribution >= 0.6 is 12.2 Å². The number of thiocarbonyl (C=S) groups is 1. The van der Waals surface area contributed by atoms with E-state index in [1.165, 1.54) is 12.3 Å². The Morgan fingerprint density at radius 2 is 2.04 bits per heavy atom. The van der Waals surface area contributed by atoms with Crippen LogP contribution in [0.1, 0.15) is 5.56 Å². The van der Waals surface area contributed by atoms with Crippen LogP contribution in [0.4, 0.5) is 10.5 Å². The molecule has 0 spiro atoms. The Hall–Kier alpha value is -3.01. The maximum Gasteiger partial charge on any atom is 0.323 e. The molecular weight excluding hydrogens is 344 g/mol. The second kappa shape index (κ2) is 6.48. The standard InChI is InChI=1S/C15H16N6O3S/c1-18-12-13(19(2)15(18)22)20(14(25)17-12)16-9-5-7-10-6-3-4-8-11(10)21(23)24/h3-9,12-13H,1-2H3,(H,17,25)/b7-5+,16-9+. The molecule has 2 fully saturated rings. The van der Waals surface area contributed by atoms with E-state index < -0.39 is 4.92 Å². The third-order valence-electron chi connectivity index (χ3n) is 4.12. The summed E-state index contributed by atoms with van der Waals surface area (Å²) in [5, 5.41) is 20.3. The van der Waals surface area contributed by atoms with Crippen LogP contribution in [0.3, 0.4) is 0 Å². The maximum atomic E-state index is 12.0. The van der Waals surface area contributed by atoms with Crippen LogP contribution in [0.25, 0.3) is 6.08 Å². The molecule has 0 saturated carbocycles. The van der Waals surface area contributed by atoms with Crippen molar-refractivity contribution < 1.29 is 9.72 Å². The predicted molar refractivity (Wildman–Crippen MR) is 96.7 cm³/mol. The number of carbonyl (C=O) groups is 1. The summed E-state index contributed by atoms with van der Waals surface area (Å²) in [6.07, 6.45) is 4.09. The number of likely N-dealkylation sites (N-methyl/N-ethyl adjacent to an activating group) is 2. The first-order chi connectivity index (χ1) is 11.9. The third-order valence-corrected chi connectivity index (χ3v) is 4.42. The Labute approximate surface area is 149 Å². The summed E-state index contributed by atoms with van der Waals surface area (Å²) in [6, 6.07) is 6.31. The Balaban J connectivity index is 1.75.